The van der Waals surface area contributed by atoms with Crippen molar-refractivity contribution in [1.29, 1.82) is 0 Å². The molecule has 2 aromatic carbocycles. The lowest BCUT2D eigenvalue weighted by molar-refractivity contribution is 0.0748. The molecular formula is C27H32N4O4. The molecule has 8 heteroatoms. The maximum Gasteiger partial charge on any atom is 0.258 e. The van der Waals surface area contributed by atoms with Crippen molar-refractivity contribution in [3.05, 3.63) is 52.7 Å². The van der Waals surface area contributed by atoms with Crippen LogP contribution in [0.15, 0.2) is 30.3 Å². The highest BCUT2D eigenvalue weighted by atomic mass is 16.5. The van der Waals surface area contributed by atoms with Gasteiger partial charge in [-0.15, -0.1) is 0 Å². The second kappa shape index (κ2) is 9.70. The van der Waals surface area contributed by atoms with E-state index in [0.717, 1.165) is 55.6 Å². The molecule has 1 amide bonds. The number of Topliss-reactive ketones (excluding diaryl/α,β-unsaturated/α-hetero) is 1. The Kier molecular flexibility index (Phi) is 6.47. The number of hydrogen-bond acceptors (Lipinski definition) is 6. The Balaban J connectivity index is 1.32. The number of piperidine rings is 1. The lowest BCUT2D eigenvalue weighted by atomic mass is 10.0. The number of likely N-dealkylation sites (tertiary alicyclic amines) is 1. The smallest absolute Gasteiger partial charge is 0.258 e. The Bertz CT molecular complexity index is 1260. The first kappa shape index (κ1) is 23.4. The van der Waals surface area contributed by atoms with Crippen LogP contribution in [0.4, 0.5) is 0 Å². The molecule has 0 spiro atoms. The topological polar surface area (TPSA) is 98.8 Å². The van der Waals surface area contributed by atoms with Crippen molar-refractivity contribution >= 4 is 22.6 Å². The van der Waals surface area contributed by atoms with E-state index in [9.17, 15) is 14.7 Å². The number of fused-ring (bicyclic) bond motifs is 2. The highest BCUT2D eigenvalue weighted by Crippen LogP contribution is 2.32. The highest BCUT2D eigenvalue weighted by Gasteiger charge is 2.28. The first-order valence-corrected chi connectivity index (χ1v) is 12.4. The zero-order valence-corrected chi connectivity index (χ0v) is 20.3. The standard InChI is InChI=1S/C27H32N4O4/c1-3-4-5-24(32)26-21-13-22(25(33)14-23(21)28-29-26)27(34)31-15-17-6-7-20(12-18(17)16-31)35-19-8-10-30(2)11-9-19/h6-7,12-14,19,33H,3-5,8-11,15-16H2,1-2H3,(H,28,29). The fraction of sp³-hybridized carbons (Fsp3) is 0.444. The first-order valence-electron chi connectivity index (χ1n) is 12.4. The Morgan fingerprint density at radius 2 is 1.91 bits per heavy atom. The zero-order chi connectivity index (χ0) is 24.5. The van der Waals surface area contributed by atoms with Crippen molar-refractivity contribution < 1.29 is 19.4 Å². The van der Waals surface area contributed by atoms with E-state index < -0.39 is 0 Å². The summed E-state index contributed by atoms with van der Waals surface area (Å²) in [4.78, 5) is 30.0. The van der Waals surface area contributed by atoms with Gasteiger partial charge in [-0.2, -0.15) is 5.10 Å². The number of ketones is 1. The molecule has 0 atom stereocenters. The number of H-pyrrole nitrogens is 1. The molecule has 3 aromatic rings. The van der Waals surface area contributed by atoms with Gasteiger partial charge in [-0.05, 0) is 55.6 Å². The van der Waals surface area contributed by atoms with Crippen LogP contribution in [0.25, 0.3) is 10.9 Å². The average molecular weight is 477 g/mol. The number of nitrogens with zero attached hydrogens (tertiary/aromatic N) is 3. The summed E-state index contributed by atoms with van der Waals surface area (Å²) in [5, 5.41) is 18.1. The van der Waals surface area contributed by atoms with Gasteiger partial charge in [-0.25, -0.2) is 0 Å². The van der Waals surface area contributed by atoms with E-state index in [1.165, 1.54) is 6.07 Å². The van der Waals surface area contributed by atoms with Gasteiger partial charge in [0.05, 0.1) is 11.1 Å². The number of aromatic nitrogens is 2. The van der Waals surface area contributed by atoms with Crippen LogP contribution in [0.1, 0.15) is 71.0 Å². The summed E-state index contributed by atoms with van der Waals surface area (Å²) in [6, 6.07) is 9.10. The summed E-state index contributed by atoms with van der Waals surface area (Å²) in [7, 11) is 2.13. The second-order valence-corrected chi connectivity index (χ2v) is 9.73. The van der Waals surface area contributed by atoms with Crippen LogP contribution in [-0.4, -0.2) is 63.0 Å². The van der Waals surface area contributed by atoms with E-state index >= 15 is 0 Å². The van der Waals surface area contributed by atoms with Gasteiger partial charge in [-0.1, -0.05) is 19.4 Å². The minimum Gasteiger partial charge on any atom is -0.507 e. The fourth-order valence-corrected chi connectivity index (χ4v) is 4.95. The van der Waals surface area contributed by atoms with Crippen molar-refractivity contribution in [3.63, 3.8) is 0 Å². The Hall–Kier alpha value is -3.39. The van der Waals surface area contributed by atoms with E-state index in [2.05, 4.69) is 22.1 Å². The van der Waals surface area contributed by atoms with Crippen LogP contribution in [-0.2, 0) is 13.1 Å². The lowest BCUT2D eigenvalue weighted by Crippen LogP contribution is -2.35. The summed E-state index contributed by atoms with van der Waals surface area (Å²) in [6.45, 7) is 5.02. The molecule has 35 heavy (non-hydrogen) atoms. The van der Waals surface area contributed by atoms with Crippen LogP contribution in [0, 0.1) is 0 Å². The number of hydrogen-bond donors (Lipinski definition) is 2. The van der Waals surface area contributed by atoms with E-state index in [-0.39, 0.29) is 29.1 Å². The largest absolute Gasteiger partial charge is 0.507 e. The van der Waals surface area contributed by atoms with Gasteiger partial charge in [0.2, 0.25) is 0 Å². The van der Waals surface area contributed by atoms with Crippen molar-refractivity contribution in [2.45, 2.75) is 58.2 Å². The maximum absolute atomic E-state index is 13.4. The molecule has 2 N–H and O–H groups in total. The summed E-state index contributed by atoms with van der Waals surface area (Å²) in [5.74, 6) is 0.380. The molecule has 3 heterocycles. The number of ether oxygens (including phenoxy) is 1. The molecule has 1 saturated heterocycles. The molecule has 0 bridgehead atoms. The quantitative estimate of drug-likeness (QED) is 0.494. The van der Waals surface area contributed by atoms with Gasteiger partial charge in [0.25, 0.3) is 5.91 Å². The predicted molar refractivity (Wildman–Crippen MR) is 133 cm³/mol. The van der Waals surface area contributed by atoms with E-state index in [0.29, 0.717) is 36.1 Å². The van der Waals surface area contributed by atoms with Crippen LogP contribution in [0.5, 0.6) is 11.5 Å². The number of aromatic hydroxyl groups is 1. The number of amides is 1. The number of unbranched alkanes of at least 4 members (excludes halogenated alkanes) is 1. The number of phenols is 1. The molecule has 5 rings (SSSR count). The lowest BCUT2D eigenvalue weighted by Gasteiger charge is -2.29. The van der Waals surface area contributed by atoms with Crippen molar-refractivity contribution in [3.8, 4) is 11.5 Å². The third-order valence-electron chi connectivity index (χ3n) is 7.09. The van der Waals surface area contributed by atoms with E-state index in [1.807, 2.05) is 25.1 Å². The molecule has 1 fully saturated rings. The number of phenolic OH excluding ortho intramolecular Hbond substituents is 1. The molecule has 1 aromatic heterocycles. The number of aromatic amines is 1. The minimum atomic E-state index is -0.272. The third kappa shape index (κ3) is 4.75. The number of carbonyl (C=O) groups is 2. The van der Waals surface area contributed by atoms with Gasteiger partial charge < -0.3 is 19.6 Å². The van der Waals surface area contributed by atoms with Crippen LogP contribution in [0.3, 0.4) is 0 Å². The zero-order valence-electron chi connectivity index (χ0n) is 20.3. The SMILES string of the molecule is CCCCC(=O)c1n[nH]c2cc(O)c(C(=O)N3Cc4ccc(OC5CCN(C)CC5)cc4C3)cc12. The van der Waals surface area contributed by atoms with Gasteiger partial charge in [0.15, 0.2) is 5.78 Å². The fourth-order valence-electron chi connectivity index (χ4n) is 4.95. The third-order valence-corrected chi connectivity index (χ3v) is 7.09. The molecule has 2 aliphatic heterocycles. The monoisotopic (exact) mass is 476 g/mol. The average Bonchev–Trinajstić information content (AvgIpc) is 3.46. The molecule has 0 unspecified atom stereocenters. The summed E-state index contributed by atoms with van der Waals surface area (Å²) in [5.41, 5.74) is 3.18. The van der Waals surface area contributed by atoms with Crippen molar-refractivity contribution in [1.82, 2.24) is 20.0 Å². The molecule has 184 valence electrons. The van der Waals surface area contributed by atoms with Gasteiger partial charge in [0, 0.05) is 44.1 Å². The summed E-state index contributed by atoms with van der Waals surface area (Å²) >= 11 is 0. The Labute approximate surface area is 204 Å². The molecule has 0 aliphatic carbocycles. The van der Waals surface area contributed by atoms with E-state index in [1.54, 1.807) is 11.0 Å². The van der Waals surface area contributed by atoms with Crippen molar-refractivity contribution in [2.75, 3.05) is 20.1 Å². The molecule has 0 radical (unpaired) electrons. The molecular weight excluding hydrogens is 444 g/mol. The van der Waals surface area contributed by atoms with Gasteiger partial charge in [0.1, 0.15) is 23.3 Å². The minimum absolute atomic E-state index is 0.0621. The molecule has 8 nitrogen and oxygen atoms in total. The first-order chi connectivity index (χ1) is 16.9. The number of carbonyl (C=O) groups excluding carboxylic acids is 2. The normalized spacial score (nSPS) is 16.6. The van der Waals surface area contributed by atoms with Crippen LogP contribution >= 0.6 is 0 Å². The molecule has 2 aliphatic rings. The van der Waals surface area contributed by atoms with Crippen LogP contribution in [0.2, 0.25) is 0 Å². The van der Waals surface area contributed by atoms with Crippen molar-refractivity contribution in [2.24, 2.45) is 0 Å². The molecule has 0 saturated carbocycles. The van der Waals surface area contributed by atoms with E-state index in [4.69, 9.17) is 4.74 Å². The van der Waals surface area contributed by atoms with Crippen LogP contribution < -0.4 is 4.74 Å². The highest BCUT2D eigenvalue weighted by molar-refractivity contribution is 6.09. The summed E-state index contributed by atoms with van der Waals surface area (Å²) < 4.78 is 6.22. The number of benzene rings is 2. The summed E-state index contributed by atoms with van der Waals surface area (Å²) in [6.07, 6.45) is 4.35. The number of nitrogens with one attached hydrogen (secondary N) is 1. The van der Waals surface area contributed by atoms with Gasteiger partial charge >= 0.3 is 0 Å². The Morgan fingerprint density at radius 3 is 2.69 bits per heavy atom. The maximum atomic E-state index is 13.4. The predicted octanol–water partition coefficient (Wildman–Crippen LogP) is 4.27. The van der Waals surface area contributed by atoms with Gasteiger partial charge in [-0.3, -0.25) is 14.7 Å². The second-order valence-electron chi connectivity index (χ2n) is 9.73. The Morgan fingerprint density at radius 1 is 1.14 bits per heavy atom. The number of rotatable bonds is 7.